The van der Waals surface area contributed by atoms with E-state index in [4.69, 9.17) is 9.72 Å². The van der Waals surface area contributed by atoms with Crippen molar-refractivity contribution < 1.29 is 13.9 Å². The molecule has 0 radical (unpaired) electrons. The Bertz CT molecular complexity index is 1000. The van der Waals surface area contributed by atoms with Gasteiger partial charge in [0.1, 0.15) is 5.82 Å². The average Bonchev–Trinajstić information content (AvgIpc) is 3.07. The van der Waals surface area contributed by atoms with Crippen LogP contribution in [0.4, 0.5) is 4.39 Å². The number of carbonyl (C=O) groups excluding carboxylic acids is 1. The minimum atomic E-state index is -0.371. The molecular weight excluding hydrogens is 425 g/mol. The molecule has 0 saturated carbocycles. The van der Waals surface area contributed by atoms with Gasteiger partial charge in [-0.3, -0.25) is 14.2 Å². The van der Waals surface area contributed by atoms with Crippen molar-refractivity contribution in [3.63, 3.8) is 0 Å². The third-order valence-electron chi connectivity index (χ3n) is 5.06. The number of hydrogen-bond acceptors (Lipinski definition) is 6. The molecule has 3 heterocycles. The summed E-state index contributed by atoms with van der Waals surface area (Å²) in [5.74, 6) is -0.205. The van der Waals surface area contributed by atoms with Gasteiger partial charge in [-0.2, -0.15) is 0 Å². The molecule has 1 saturated heterocycles. The van der Waals surface area contributed by atoms with Crippen LogP contribution in [0.25, 0.3) is 5.69 Å². The highest BCUT2D eigenvalue weighted by Crippen LogP contribution is 2.35. The standard InChI is InChI=1S/C21H24FN3O3S2/c1-12-9-24(10-13(2)28-12)18(26)11-29-21-23-17-8-14(3)30-19(17)20(27)25(21)16-6-4-15(22)5-7-16/h4-7,12-14H,8-11H2,1-3H3. The molecule has 4 rings (SSSR count). The van der Waals surface area contributed by atoms with Gasteiger partial charge < -0.3 is 9.64 Å². The average molecular weight is 450 g/mol. The Morgan fingerprint density at radius 1 is 1.23 bits per heavy atom. The van der Waals surface area contributed by atoms with Crippen LogP contribution in [0.15, 0.2) is 39.1 Å². The van der Waals surface area contributed by atoms with Crippen molar-refractivity contribution in [2.75, 3.05) is 18.8 Å². The highest BCUT2D eigenvalue weighted by Gasteiger charge is 2.29. The summed E-state index contributed by atoms with van der Waals surface area (Å²) in [5.41, 5.74) is 1.16. The smallest absolute Gasteiger partial charge is 0.272 e. The Kier molecular flexibility index (Phi) is 6.22. The molecule has 0 N–H and O–H groups in total. The lowest BCUT2D eigenvalue weighted by Crippen LogP contribution is -2.48. The van der Waals surface area contributed by atoms with E-state index in [1.165, 1.54) is 40.2 Å². The molecule has 1 aromatic carbocycles. The first-order valence-electron chi connectivity index (χ1n) is 9.96. The number of nitrogens with zero attached hydrogens (tertiary/aromatic N) is 3. The maximum atomic E-state index is 13.4. The Balaban J connectivity index is 1.63. The molecule has 9 heteroatoms. The molecule has 1 fully saturated rings. The van der Waals surface area contributed by atoms with Crippen molar-refractivity contribution in [3.8, 4) is 5.69 Å². The summed E-state index contributed by atoms with van der Waals surface area (Å²) in [6.07, 6.45) is 0.716. The van der Waals surface area contributed by atoms with E-state index >= 15 is 0 Å². The molecule has 0 aliphatic carbocycles. The fourth-order valence-corrected chi connectivity index (χ4v) is 5.84. The molecule has 0 bridgehead atoms. The van der Waals surface area contributed by atoms with Crippen molar-refractivity contribution in [2.24, 2.45) is 0 Å². The maximum Gasteiger partial charge on any atom is 0.272 e. The van der Waals surface area contributed by atoms with E-state index in [1.807, 2.05) is 13.8 Å². The van der Waals surface area contributed by atoms with Crippen LogP contribution in [0.3, 0.4) is 0 Å². The zero-order valence-electron chi connectivity index (χ0n) is 17.1. The molecule has 3 atom stereocenters. The predicted molar refractivity (Wildman–Crippen MR) is 116 cm³/mol. The van der Waals surface area contributed by atoms with Crippen molar-refractivity contribution in [2.45, 2.75) is 54.7 Å². The number of fused-ring (bicyclic) bond motifs is 1. The molecule has 2 aliphatic heterocycles. The SMILES string of the molecule is CC1CN(C(=O)CSc2nc3c(c(=O)n2-c2ccc(F)cc2)SC(C)C3)CC(C)O1. The summed E-state index contributed by atoms with van der Waals surface area (Å²) in [7, 11) is 0. The fourth-order valence-electron chi connectivity index (χ4n) is 3.81. The van der Waals surface area contributed by atoms with E-state index in [-0.39, 0.29) is 40.5 Å². The van der Waals surface area contributed by atoms with Gasteiger partial charge in [0.25, 0.3) is 5.56 Å². The number of benzene rings is 1. The lowest BCUT2D eigenvalue weighted by molar-refractivity contribution is -0.140. The topological polar surface area (TPSA) is 64.4 Å². The van der Waals surface area contributed by atoms with E-state index in [1.54, 1.807) is 17.0 Å². The zero-order chi connectivity index (χ0) is 21.4. The van der Waals surface area contributed by atoms with Crippen molar-refractivity contribution in [1.82, 2.24) is 14.5 Å². The van der Waals surface area contributed by atoms with Crippen LogP contribution in [-0.2, 0) is 16.0 Å². The second-order valence-corrected chi connectivity index (χ2v) is 10.2. The van der Waals surface area contributed by atoms with Gasteiger partial charge in [-0.25, -0.2) is 9.37 Å². The zero-order valence-corrected chi connectivity index (χ0v) is 18.8. The summed E-state index contributed by atoms with van der Waals surface area (Å²) in [4.78, 5) is 33.2. The molecule has 0 spiro atoms. The van der Waals surface area contributed by atoms with E-state index in [9.17, 15) is 14.0 Å². The first kappa shape index (κ1) is 21.4. The highest BCUT2D eigenvalue weighted by molar-refractivity contribution is 8.00. The van der Waals surface area contributed by atoms with E-state index in [0.717, 1.165) is 12.1 Å². The van der Waals surface area contributed by atoms with Crippen LogP contribution in [0, 0.1) is 5.82 Å². The second kappa shape index (κ2) is 8.72. The largest absolute Gasteiger partial charge is 0.372 e. The third kappa shape index (κ3) is 4.43. The summed E-state index contributed by atoms with van der Waals surface area (Å²) in [6.45, 7) is 7.08. The Morgan fingerprint density at radius 2 is 1.90 bits per heavy atom. The number of ether oxygens (including phenoxy) is 1. The number of morpholine rings is 1. The monoisotopic (exact) mass is 449 g/mol. The van der Waals surface area contributed by atoms with Gasteiger partial charge in [-0.15, -0.1) is 11.8 Å². The number of amides is 1. The number of carbonyl (C=O) groups is 1. The first-order chi connectivity index (χ1) is 14.3. The lowest BCUT2D eigenvalue weighted by atomic mass is 10.2. The van der Waals surface area contributed by atoms with Crippen LogP contribution in [-0.4, -0.2) is 56.7 Å². The van der Waals surface area contributed by atoms with Crippen LogP contribution < -0.4 is 5.56 Å². The van der Waals surface area contributed by atoms with Gasteiger partial charge in [-0.05, 0) is 38.1 Å². The minimum Gasteiger partial charge on any atom is -0.372 e. The van der Waals surface area contributed by atoms with E-state index < -0.39 is 0 Å². The quantitative estimate of drug-likeness (QED) is 0.528. The summed E-state index contributed by atoms with van der Waals surface area (Å²) in [5, 5.41) is 0.739. The molecule has 1 amide bonds. The van der Waals surface area contributed by atoms with Crippen LogP contribution >= 0.6 is 23.5 Å². The van der Waals surface area contributed by atoms with Crippen LogP contribution in [0.5, 0.6) is 0 Å². The minimum absolute atomic E-state index is 0.00303. The number of thioether (sulfide) groups is 2. The molecule has 160 valence electrons. The van der Waals surface area contributed by atoms with Gasteiger partial charge in [0.2, 0.25) is 5.91 Å². The second-order valence-electron chi connectivity index (χ2n) is 7.76. The normalized spacial score (nSPS) is 23.5. The molecule has 30 heavy (non-hydrogen) atoms. The Hall–Kier alpha value is -1.84. The number of hydrogen-bond donors (Lipinski definition) is 0. The highest BCUT2D eigenvalue weighted by atomic mass is 32.2. The van der Waals surface area contributed by atoms with E-state index in [2.05, 4.69) is 6.92 Å². The lowest BCUT2D eigenvalue weighted by Gasteiger charge is -2.35. The Morgan fingerprint density at radius 3 is 2.57 bits per heavy atom. The maximum absolute atomic E-state index is 13.4. The molecule has 6 nitrogen and oxygen atoms in total. The van der Waals surface area contributed by atoms with E-state index in [0.29, 0.717) is 28.8 Å². The molecular formula is C21H24FN3O3S2. The van der Waals surface area contributed by atoms with Gasteiger partial charge in [-0.1, -0.05) is 18.7 Å². The number of halogens is 1. The van der Waals surface area contributed by atoms with Crippen molar-refractivity contribution in [3.05, 3.63) is 46.1 Å². The first-order valence-corrected chi connectivity index (χ1v) is 11.8. The van der Waals surface area contributed by atoms with Crippen molar-refractivity contribution in [1.29, 1.82) is 0 Å². The van der Waals surface area contributed by atoms with Gasteiger partial charge in [0.05, 0.1) is 34.2 Å². The number of aromatic nitrogens is 2. The molecule has 2 aliphatic rings. The van der Waals surface area contributed by atoms with Crippen molar-refractivity contribution >= 4 is 29.4 Å². The fraction of sp³-hybridized carbons (Fsp3) is 0.476. The van der Waals surface area contributed by atoms with Gasteiger partial charge in [0, 0.05) is 24.8 Å². The molecule has 1 aromatic heterocycles. The molecule has 3 unspecified atom stereocenters. The predicted octanol–water partition coefficient (Wildman–Crippen LogP) is 3.14. The summed E-state index contributed by atoms with van der Waals surface area (Å²) in [6, 6.07) is 5.76. The van der Waals surface area contributed by atoms with Crippen LogP contribution in [0.2, 0.25) is 0 Å². The molecule has 2 aromatic rings. The summed E-state index contributed by atoms with van der Waals surface area (Å²) < 4.78 is 20.6. The van der Waals surface area contributed by atoms with Gasteiger partial charge in [0.15, 0.2) is 5.16 Å². The van der Waals surface area contributed by atoms with Gasteiger partial charge >= 0.3 is 0 Å². The third-order valence-corrected chi connectivity index (χ3v) is 7.20. The van der Waals surface area contributed by atoms with Crippen LogP contribution in [0.1, 0.15) is 26.5 Å². The summed E-state index contributed by atoms with van der Waals surface area (Å²) >= 11 is 2.77. The Labute approximate surface area is 183 Å². The number of rotatable bonds is 4.